The second kappa shape index (κ2) is 5.81. The van der Waals surface area contributed by atoms with Crippen LogP contribution in [-0.2, 0) is 11.3 Å². The fourth-order valence-electron chi connectivity index (χ4n) is 1.34. The Kier molecular flexibility index (Phi) is 4.59. The Morgan fingerprint density at radius 1 is 1.45 bits per heavy atom. The summed E-state index contributed by atoms with van der Waals surface area (Å²) in [6, 6.07) is -0.319. The van der Waals surface area contributed by atoms with Gasteiger partial charge in [-0.3, -0.25) is 0 Å². The molecular weight excluding hydrogens is 262 g/mol. The molecule has 0 atom stereocenters. The van der Waals surface area contributed by atoms with Gasteiger partial charge in [-0.2, -0.15) is 4.68 Å². The number of aromatic nitrogens is 2. The second-order valence-electron chi connectivity index (χ2n) is 5.52. The van der Waals surface area contributed by atoms with Gasteiger partial charge in [0.2, 0.25) is 0 Å². The van der Waals surface area contributed by atoms with Gasteiger partial charge in [-0.1, -0.05) is 0 Å². The minimum Gasteiger partial charge on any atom is -0.444 e. The highest BCUT2D eigenvalue weighted by Crippen LogP contribution is 2.10. The van der Waals surface area contributed by atoms with Crippen molar-refractivity contribution in [2.75, 3.05) is 19.8 Å². The molecule has 0 unspecified atom stereocenters. The second-order valence-corrected chi connectivity index (χ2v) is 5.52. The number of ether oxygens (including phenoxy) is 1. The van der Waals surface area contributed by atoms with Crippen LogP contribution in [0.4, 0.5) is 15.4 Å². The fourth-order valence-corrected chi connectivity index (χ4v) is 1.34. The normalized spacial score (nSPS) is 11.1. The molecule has 0 aliphatic rings. The van der Waals surface area contributed by atoms with Crippen LogP contribution in [0.15, 0.2) is 6.20 Å². The van der Waals surface area contributed by atoms with Gasteiger partial charge in [0.05, 0.1) is 6.54 Å². The molecule has 8 nitrogen and oxygen atoms in total. The van der Waals surface area contributed by atoms with E-state index in [1.807, 2.05) is 0 Å². The van der Waals surface area contributed by atoms with E-state index in [1.54, 1.807) is 34.9 Å². The van der Waals surface area contributed by atoms with Crippen molar-refractivity contribution in [3.05, 3.63) is 11.8 Å². The highest BCUT2D eigenvalue weighted by molar-refractivity contribution is 5.76. The van der Waals surface area contributed by atoms with Gasteiger partial charge in [-0.15, -0.1) is 5.10 Å². The highest BCUT2D eigenvalue weighted by atomic mass is 16.6. The molecule has 3 N–H and O–H groups in total. The van der Waals surface area contributed by atoms with Crippen LogP contribution in [0.25, 0.3) is 0 Å². The summed E-state index contributed by atoms with van der Waals surface area (Å²) in [6.07, 6.45) is 0.929. The van der Waals surface area contributed by atoms with E-state index >= 15 is 0 Å². The van der Waals surface area contributed by atoms with Gasteiger partial charge < -0.3 is 20.7 Å². The molecule has 1 aromatic heterocycles. The molecule has 0 saturated heterocycles. The first-order valence-electron chi connectivity index (χ1n) is 6.12. The van der Waals surface area contributed by atoms with Crippen molar-refractivity contribution >= 4 is 17.9 Å². The third kappa shape index (κ3) is 4.45. The first kappa shape index (κ1) is 15.8. The number of hydrogen-bond donors (Lipinski definition) is 2. The zero-order valence-electron chi connectivity index (χ0n) is 12.4. The number of alkyl carbamates (subject to hydrolysis) is 1. The third-order valence-electron chi connectivity index (χ3n) is 2.22. The van der Waals surface area contributed by atoms with Crippen molar-refractivity contribution in [2.24, 2.45) is 0 Å². The summed E-state index contributed by atoms with van der Waals surface area (Å²) in [7, 11) is 3.22. The maximum absolute atomic E-state index is 11.7. The van der Waals surface area contributed by atoms with Crippen LogP contribution in [0.2, 0.25) is 0 Å². The van der Waals surface area contributed by atoms with E-state index in [0.717, 1.165) is 4.68 Å². The van der Waals surface area contributed by atoms with Crippen molar-refractivity contribution in [3.63, 3.8) is 0 Å². The minimum atomic E-state index is -0.569. The van der Waals surface area contributed by atoms with Gasteiger partial charge in [-0.05, 0) is 20.8 Å². The molecule has 0 spiro atoms. The van der Waals surface area contributed by atoms with Crippen LogP contribution in [0, 0.1) is 0 Å². The third-order valence-corrected chi connectivity index (χ3v) is 2.22. The van der Waals surface area contributed by atoms with Gasteiger partial charge in [0.25, 0.3) is 0 Å². The molecule has 1 heterocycles. The molecule has 0 bridgehead atoms. The number of nitrogen functional groups attached to an aromatic ring is 1. The van der Waals surface area contributed by atoms with E-state index in [-0.39, 0.29) is 18.4 Å². The molecule has 0 aliphatic carbocycles. The Balaban J connectivity index is 2.66. The topological polar surface area (TPSA) is 102 Å². The highest BCUT2D eigenvalue weighted by Gasteiger charge is 2.17. The first-order valence-corrected chi connectivity index (χ1v) is 6.12. The van der Waals surface area contributed by atoms with Crippen molar-refractivity contribution in [1.82, 2.24) is 20.0 Å². The summed E-state index contributed by atoms with van der Waals surface area (Å²) in [5.74, 6) is 0.191. The number of anilines is 1. The van der Waals surface area contributed by atoms with Crippen molar-refractivity contribution in [2.45, 2.75) is 32.9 Å². The largest absolute Gasteiger partial charge is 0.444 e. The van der Waals surface area contributed by atoms with Gasteiger partial charge in [0, 0.05) is 25.9 Å². The molecule has 0 aliphatic heterocycles. The van der Waals surface area contributed by atoms with Crippen molar-refractivity contribution in [3.8, 4) is 0 Å². The van der Waals surface area contributed by atoms with Crippen LogP contribution in [-0.4, -0.2) is 46.5 Å². The molecule has 0 saturated carbocycles. The summed E-state index contributed by atoms with van der Waals surface area (Å²) in [5.41, 5.74) is 5.68. The van der Waals surface area contributed by atoms with E-state index in [2.05, 4.69) is 10.4 Å². The lowest BCUT2D eigenvalue weighted by Crippen LogP contribution is -2.32. The molecule has 1 aromatic rings. The molecule has 20 heavy (non-hydrogen) atoms. The van der Waals surface area contributed by atoms with E-state index < -0.39 is 11.7 Å². The Morgan fingerprint density at radius 2 is 2.05 bits per heavy atom. The molecule has 2 amide bonds. The average Bonchev–Trinajstić information content (AvgIpc) is 2.64. The number of nitrogens with two attached hydrogens (primary N) is 1. The van der Waals surface area contributed by atoms with Crippen LogP contribution >= 0.6 is 0 Å². The average molecular weight is 283 g/mol. The number of carbonyl (C=O) groups excluding carboxylic acids is 2. The van der Waals surface area contributed by atoms with Gasteiger partial charge >= 0.3 is 12.1 Å². The van der Waals surface area contributed by atoms with Crippen LogP contribution in [0.1, 0.15) is 26.3 Å². The molecular formula is C12H21N5O3. The lowest BCUT2D eigenvalue weighted by molar-refractivity contribution is 0.0523. The van der Waals surface area contributed by atoms with Crippen LogP contribution < -0.4 is 11.1 Å². The summed E-state index contributed by atoms with van der Waals surface area (Å²) < 4.78 is 6.22. The van der Waals surface area contributed by atoms with E-state index in [0.29, 0.717) is 5.56 Å². The number of amides is 2. The first-order chi connectivity index (χ1) is 9.10. The quantitative estimate of drug-likeness (QED) is 0.843. The van der Waals surface area contributed by atoms with Crippen molar-refractivity contribution < 1.29 is 14.3 Å². The Bertz CT molecular complexity index is 502. The standard InChI is InChI=1S/C12H21N5O3/c1-12(2,3)20-10(18)14-6-8-7-17(15-9(8)13)11(19)16(4)5/h7H,6H2,1-5H3,(H2,13,15)(H,14,18). The van der Waals surface area contributed by atoms with Crippen molar-refractivity contribution in [1.29, 1.82) is 0 Å². The SMILES string of the molecule is CN(C)C(=O)n1cc(CNC(=O)OC(C)(C)C)c(N)n1. The smallest absolute Gasteiger partial charge is 0.407 e. The maximum atomic E-state index is 11.7. The monoisotopic (exact) mass is 283 g/mol. The Labute approximate surface area is 117 Å². The number of nitrogens with one attached hydrogen (secondary N) is 1. The van der Waals surface area contributed by atoms with Gasteiger partial charge in [-0.25, -0.2) is 9.59 Å². The summed E-state index contributed by atoms with van der Waals surface area (Å²) in [5, 5.41) is 6.45. The summed E-state index contributed by atoms with van der Waals surface area (Å²) in [6.45, 7) is 5.46. The number of rotatable bonds is 2. The molecule has 112 valence electrons. The molecule has 0 aromatic carbocycles. The molecule has 0 radical (unpaired) electrons. The zero-order chi connectivity index (χ0) is 15.5. The van der Waals surface area contributed by atoms with Crippen LogP contribution in [0.5, 0.6) is 0 Å². The Morgan fingerprint density at radius 3 is 2.55 bits per heavy atom. The lowest BCUT2D eigenvalue weighted by Gasteiger charge is -2.19. The fraction of sp³-hybridized carbons (Fsp3) is 0.583. The molecule has 1 rings (SSSR count). The molecule has 8 heteroatoms. The van der Waals surface area contributed by atoms with Crippen LogP contribution in [0.3, 0.4) is 0 Å². The predicted molar refractivity (Wildman–Crippen MR) is 74.2 cm³/mol. The van der Waals surface area contributed by atoms with Gasteiger partial charge in [0.1, 0.15) is 5.60 Å². The van der Waals surface area contributed by atoms with E-state index in [4.69, 9.17) is 10.5 Å². The maximum Gasteiger partial charge on any atom is 0.407 e. The Hall–Kier alpha value is -2.25. The lowest BCUT2D eigenvalue weighted by atomic mass is 10.2. The summed E-state index contributed by atoms with van der Waals surface area (Å²) in [4.78, 5) is 24.6. The summed E-state index contributed by atoms with van der Waals surface area (Å²) >= 11 is 0. The number of nitrogens with zero attached hydrogens (tertiary/aromatic N) is 3. The minimum absolute atomic E-state index is 0.140. The van der Waals surface area contributed by atoms with E-state index in [1.165, 1.54) is 11.1 Å². The number of hydrogen-bond acceptors (Lipinski definition) is 5. The number of carbonyl (C=O) groups is 2. The van der Waals surface area contributed by atoms with E-state index in [9.17, 15) is 9.59 Å². The predicted octanol–water partition coefficient (Wildman–Crippen LogP) is 1.02. The van der Waals surface area contributed by atoms with Gasteiger partial charge in [0.15, 0.2) is 5.82 Å². The zero-order valence-corrected chi connectivity index (χ0v) is 12.4. The molecule has 0 fully saturated rings.